The predicted octanol–water partition coefficient (Wildman–Crippen LogP) is 3.12. The highest BCUT2D eigenvalue weighted by Gasteiger charge is 2.31. The maximum Gasteiger partial charge on any atom is 0.573 e. The van der Waals surface area contributed by atoms with E-state index in [2.05, 4.69) is 19.5 Å². The lowest BCUT2D eigenvalue weighted by Gasteiger charge is -2.36. The molecule has 1 fully saturated rings. The first-order chi connectivity index (χ1) is 11.9. The molecule has 0 N–H and O–H groups in total. The number of anilines is 2. The number of aromatic nitrogens is 1. The molecule has 25 heavy (non-hydrogen) atoms. The topological polar surface area (TPSA) is 45.7 Å². The average Bonchev–Trinajstić information content (AvgIpc) is 2.61. The number of carbonyl (C=O) groups is 1. The van der Waals surface area contributed by atoms with E-state index in [-0.39, 0.29) is 5.75 Å². The van der Waals surface area contributed by atoms with Crippen molar-refractivity contribution in [2.75, 3.05) is 36.0 Å². The van der Waals surface area contributed by atoms with Crippen molar-refractivity contribution in [2.45, 2.75) is 6.36 Å². The van der Waals surface area contributed by atoms with Crippen molar-refractivity contribution in [1.29, 1.82) is 0 Å². The summed E-state index contributed by atoms with van der Waals surface area (Å²) in [6.45, 7) is 2.90. The van der Waals surface area contributed by atoms with Gasteiger partial charge in [-0.25, -0.2) is 4.98 Å². The number of piperazine rings is 1. The van der Waals surface area contributed by atoms with Crippen LogP contribution in [-0.4, -0.2) is 43.8 Å². The number of carbonyl (C=O) groups excluding carboxylic acids is 1. The lowest BCUT2D eigenvalue weighted by atomic mass is 10.2. The van der Waals surface area contributed by atoms with Crippen LogP contribution in [0.15, 0.2) is 42.6 Å². The fourth-order valence-electron chi connectivity index (χ4n) is 2.71. The Bertz CT molecular complexity index is 709. The molecule has 2 heterocycles. The molecule has 0 bridgehead atoms. The number of hydrogen-bond donors (Lipinski definition) is 0. The fourth-order valence-corrected chi connectivity index (χ4v) is 2.71. The fraction of sp³-hybridized carbons (Fsp3) is 0.294. The molecule has 0 aliphatic carbocycles. The first-order valence-corrected chi connectivity index (χ1v) is 7.71. The van der Waals surface area contributed by atoms with Gasteiger partial charge in [0.2, 0.25) is 0 Å². The first-order valence-electron chi connectivity index (χ1n) is 7.71. The van der Waals surface area contributed by atoms with Crippen molar-refractivity contribution in [3.05, 3.63) is 48.2 Å². The van der Waals surface area contributed by atoms with Gasteiger partial charge >= 0.3 is 6.36 Å². The molecule has 0 spiro atoms. The molecule has 0 radical (unpaired) electrons. The summed E-state index contributed by atoms with van der Waals surface area (Å²) in [5, 5.41) is 0. The number of rotatable bonds is 4. The van der Waals surface area contributed by atoms with E-state index in [1.807, 2.05) is 6.07 Å². The summed E-state index contributed by atoms with van der Waals surface area (Å²) >= 11 is 0. The second-order valence-corrected chi connectivity index (χ2v) is 5.58. The first kappa shape index (κ1) is 17.1. The standard InChI is InChI=1S/C17H16F3N3O2/c18-17(19,20)25-15-4-2-14(3-5-15)22-7-9-23(10-8-22)16-6-1-13(12-24)11-21-16/h1-6,11-12H,7-10H2. The van der Waals surface area contributed by atoms with Crippen LogP contribution in [0.4, 0.5) is 24.7 Å². The Labute approximate surface area is 142 Å². The normalized spacial score (nSPS) is 15.2. The second kappa shape index (κ2) is 7.00. The molecule has 0 atom stereocenters. The average molecular weight is 351 g/mol. The Morgan fingerprint density at radius 1 is 0.960 bits per heavy atom. The Hall–Kier alpha value is -2.77. The van der Waals surface area contributed by atoms with Crippen molar-refractivity contribution < 1.29 is 22.7 Å². The van der Waals surface area contributed by atoms with Crippen LogP contribution in [0, 0.1) is 0 Å². The summed E-state index contributed by atoms with van der Waals surface area (Å²) in [4.78, 5) is 19.1. The number of alkyl halides is 3. The molecule has 0 amide bonds. The quantitative estimate of drug-likeness (QED) is 0.792. The van der Waals surface area contributed by atoms with E-state index < -0.39 is 6.36 Å². The Morgan fingerprint density at radius 3 is 2.12 bits per heavy atom. The van der Waals surface area contributed by atoms with Crippen LogP contribution in [0.2, 0.25) is 0 Å². The summed E-state index contributed by atoms with van der Waals surface area (Å²) in [5.74, 6) is 0.577. The SMILES string of the molecule is O=Cc1ccc(N2CCN(c3ccc(OC(F)(F)F)cc3)CC2)nc1. The van der Waals surface area contributed by atoms with Gasteiger partial charge in [0.15, 0.2) is 6.29 Å². The Balaban J connectivity index is 1.59. The van der Waals surface area contributed by atoms with E-state index in [1.165, 1.54) is 18.3 Å². The smallest absolute Gasteiger partial charge is 0.406 e. The monoisotopic (exact) mass is 351 g/mol. The van der Waals surface area contributed by atoms with Crippen molar-refractivity contribution in [3.63, 3.8) is 0 Å². The van der Waals surface area contributed by atoms with Crippen molar-refractivity contribution >= 4 is 17.8 Å². The van der Waals surface area contributed by atoms with Crippen LogP contribution < -0.4 is 14.5 Å². The number of aldehydes is 1. The maximum absolute atomic E-state index is 12.2. The molecule has 1 saturated heterocycles. The van der Waals surface area contributed by atoms with Gasteiger partial charge in [-0.2, -0.15) is 0 Å². The molecule has 5 nitrogen and oxygen atoms in total. The van der Waals surface area contributed by atoms with Crippen LogP contribution in [0.3, 0.4) is 0 Å². The Kier molecular flexibility index (Phi) is 4.78. The highest BCUT2D eigenvalue weighted by Crippen LogP contribution is 2.26. The summed E-state index contributed by atoms with van der Waals surface area (Å²) in [6, 6.07) is 9.40. The van der Waals surface area contributed by atoms with E-state index in [1.54, 1.807) is 18.2 Å². The molecule has 0 saturated carbocycles. The van der Waals surface area contributed by atoms with E-state index in [9.17, 15) is 18.0 Å². The minimum absolute atomic E-state index is 0.227. The van der Waals surface area contributed by atoms with E-state index in [0.717, 1.165) is 44.0 Å². The third kappa shape index (κ3) is 4.40. The van der Waals surface area contributed by atoms with Gasteiger partial charge in [-0.1, -0.05) is 0 Å². The van der Waals surface area contributed by atoms with Crippen LogP contribution in [0.25, 0.3) is 0 Å². The van der Waals surface area contributed by atoms with Gasteiger partial charge in [-0.15, -0.1) is 13.2 Å². The third-order valence-electron chi connectivity index (χ3n) is 3.95. The number of nitrogens with zero attached hydrogens (tertiary/aromatic N) is 3. The molecule has 3 rings (SSSR count). The highest BCUT2D eigenvalue weighted by molar-refractivity contribution is 5.74. The summed E-state index contributed by atoms with van der Waals surface area (Å²) in [6.07, 6.45) is -2.39. The minimum atomic E-state index is -4.68. The number of benzene rings is 1. The highest BCUT2D eigenvalue weighted by atomic mass is 19.4. The zero-order chi connectivity index (χ0) is 17.9. The molecule has 2 aromatic rings. The van der Waals surface area contributed by atoms with Crippen LogP contribution in [-0.2, 0) is 0 Å². The van der Waals surface area contributed by atoms with Gasteiger partial charge in [0.1, 0.15) is 11.6 Å². The van der Waals surface area contributed by atoms with Crippen molar-refractivity contribution in [3.8, 4) is 5.75 Å². The number of ether oxygens (including phenoxy) is 1. The minimum Gasteiger partial charge on any atom is -0.406 e. The summed E-state index contributed by atoms with van der Waals surface area (Å²) in [5.41, 5.74) is 1.38. The molecule has 132 valence electrons. The molecule has 0 unspecified atom stereocenters. The second-order valence-electron chi connectivity index (χ2n) is 5.58. The number of halogens is 3. The zero-order valence-corrected chi connectivity index (χ0v) is 13.2. The van der Waals surface area contributed by atoms with Crippen LogP contribution >= 0.6 is 0 Å². The molecular weight excluding hydrogens is 335 g/mol. The van der Waals surface area contributed by atoms with Crippen LogP contribution in [0.1, 0.15) is 10.4 Å². The molecule has 1 aromatic heterocycles. The summed E-state index contributed by atoms with van der Waals surface area (Å²) in [7, 11) is 0. The van der Waals surface area contributed by atoms with Gasteiger partial charge in [0, 0.05) is 43.6 Å². The van der Waals surface area contributed by atoms with E-state index in [4.69, 9.17) is 0 Å². The van der Waals surface area contributed by atoms with Gasteiger partial charge in [0.05, 0.1) is 0 Å². The summed E-state index contributed by atoms with van der Waals surface area (Å²) < 4.78 is 40.4. The predicted molar refractivity (Wildman–Crippen MR) is 87.2 cm³/mol. The molecule has 1 aromatic carbocycles. The largest absolute Gasteiger partial charge is 0.573 e. The van der Waals surface area contributed by atoms with Crippen molar-refractivity contribution in [2.24, 2.45) is 0 Å². The van der Waals surface area contributed by atoms with Gasteiger partial charge in [0.25, 0.3) is 0 Å². The van der Waals surface area contributed by atoms with Gasteiger partial charge in [-0.3, -0.25) is 4.79 Å². The molecule has 8 heteroatoms. The van der Waals surface area contributed by atoms with Gasteiger partial charge < -0.3 is 14.5 Å². The van der Waals surface area contributed by atoms with E-state index in [0.29, 0.717) is 5.56 Å². The van der Waals surface area contributed by atoms with Gasteiger partial charge in [-0.05, 0) is 36.4 Å². The number of hydrogen-bond acceptors (Lipinski definition) is 5. The van der Waals surface area contributed by atoms with Crippen LogP contribution in [0.5, 0.6) is 5.75 Å². The molecule has 1 aliphatic heterocycles. The molecule has 1 aliphatic rings. The lowest BCUT2D eigenvalue weighted by Crippen LogP contribution is -2.46. The van der Waals surface area contributed by atoms with Crippen molar-refractivity contribution in [1.82, 2.24) is 4.98 Å². The Morgan fingerprint density at radius 2 is 1.60 bits per heavy atom. The molecular formula is C17H16F3N3O2. The number of pyridine rings is 1. The third-order valence-corrected chi connectivity index (χ3v) is 3.95. The zero-order valence-electron chi connectivity index (χ0n) is 13.2. The van der Waals surface area contributed by atoms with E-state index >= 15 is 0 Å². The maximum atomic E-state index is 12.2. The lowest BCUT2D eigenvalue weighted by molar-refractivity contribution is -0.274.